The molecule has 10 heteroatoms. The summed E-state index contributed by atoms with van der Waals surface area (Å²) in [5.74, 6) is 1.21. The topological polar surface area (TPSA) is 117 Å². The fraction of sp³-hybridized carbons (Fsp3) is 0.379. The molecular formula is C29H35N5O5. The van der Waals surface area contributed by atoms with Crippen molar-refractivity contribution in [2.24, 2.45) is 0 Å². The van der Waals surface area contributed by atoms with Crippen molar-refractivity contribution in [1.29, 1.82) is 0 Å². The molecule has 10 nitrogen and oxygen atoms in total. The lowest BCUT2D eigenvalue weighted by molar-refractivity contribution is -0.138. The second kappa shape index (κ2) is 13.5. The number of hydrogen-bond acceptors (Lipinski definition) is 7. The number of urea groups is 1. The molecule has 0 bridgehead atoms. The number of methoxy groups -OCH3 is 1. The van der Waals surface area contributed by atoms with Gasteiger partial charge in [0.1, 0.15) is 17.3 Å². The van der Waals surface area contributed by atoms with E-state index in [9.17, 15) is 14.7 Å². The number of carbonyl (C=O) groups excluding carboxylic acids is 1. The zero-order valence-electron chi connectivity index (χ0n) is 22.4. The molecule has 39 heavy (non-hydrogen) atoms. The van der Waals surface area contributed by atoms with Crippen LogP contribution in [0.25, 0.3) is 0 Å². The van der Waals surface area contributed by atoms with E-state index in [4.69, 9.17) is 14.5 Å². The van der Waals surface area contributed by atoms with Crippen LogP contribution in [0, 0.1) is 0 Å². The van der Waals surface area contributed by atoms with Gasteiger partial charge < -0.3 is 29.7 Å². The predicted octanol–water partition coefficient (Wildman–Crippen LogP) is 4.38. The molecule has 2 amide bonds. The number of rotatable bonds is 14. The van der Waals surface area contributed by atoms with Gasteiger partial charge in [0.25, 0.3) is 0 Å². The number of carboxylic acid groups (broad SMARTS) is 1. The Bertz CT molecular complexity index is 1250. The number of aromatic nitrogens is 2. The zero-order valence-corrected chi connectivity index (χ0v) is 22.4. The van der Waals surface area contributed by atoms with E-state index in [1.807, 2.05) is 49.4 Å². The van der Waals surface area contributed by atoms with Crippen LogP contribution in [0.2, 0.25) is 0 Å². The second-order valence-electron chi connectivity index (χ2n) is 9.28. The first-order chi connectivity index (χ1) is 19.0. The normalized spacial score (nSPS) is 13.8. The van der Waals surface area contributed by atoms with E-state index < -0.39 is 12.0 Å². The lowest BCUT2D eigenvalue weighted by Gasteiger charge is -2.27. The third-order valence-electron chi connectivity index (χ3n) is 6.60. The van der Waals surface area contributed by atoms with Crippen LogP contribution in [-0.2, 0) is 17.8 Å². The standard InChI is InChI=1S/C29H35N5O5/c1-3-39-25-16-22(19-30-20-25)26(17-28(35)36)34-15-14-33(29(34)37)13-5-7-23-6-4-8-27(32-23)31-18-21-9-11-24(38-2)12-10-21/h4,6,8-12,16,19-20,26H,3,5,7,13-15,17-18H2,1-2H3,(H,31,32)(H,35,36)/t26-/m1/s1. The van der Waals surface area contributed by atoms with E-state index >= 15 is 0 Å². The van der Waals surface area contributed by atoms with Crippen molar-refractivity contribution in [3.05, 3.63) is 77.7 Å². The van der Waals surface area contributed by atoms with E-state index in [0.29, 0.717) is 44.1 Å². The lowest BCUT2D eigenvalue weighted by atomic mass is 10.0. The van der Waals surface area contributed by atoms with E-state index in [1.54, 1.807) is 35.4 Å². The van der Waals surface area contributed by atoms with Crippen molar-refractivity contribution in [3.63, 3.8) is 0 Å². The molecule has 4 rings (SSSR count). The van der Waals surface area contributed by atoms with Gasteiger partial charge in [0.15, 0.2) is 0 Å². The summed E-state index contributed by atoms with van der Waals surface area (Å²) in [5.41, 5.74) is 2.73. The van der Waals surface area contributed by atoms with Crippen LogP contribution in [-0.4, -0.2) is 70.2 Å². The predicted molar refractivity (Wildman–Crippen MR) is 147 cm³/mol. The molecule has 3 heterocycles. The summed E-state index contributed by atoms with van der Waals surface area (Å²) in [6.07, 6.45) is 4.46. The summed E-state index contributed by atoms with van der Waals surface area (Å²) < 4.78 is 10.7. The molecule has 0 unspecified atom stereocenters. The van der Waals surface area contributed by atoms with Gasteiger partial charge in [-0.1, -0.05) is 18.2 Å². The number of carboxylic acids is 1. The highest BCUT2D eigenvalue weighted by atomic mass is 16.5. The SMILES string of the molecule is CCOc1cncc([C@@H](CC(=O)O)N2CCN(CCCc3cccc(NCc4ccc(OC)cc4)n3)C2=O)c1. The van der Waals surface area contributed by atoms with Crippen molar-refractivity contribution < 1.29 is 24.2 Å². The van der Waals surface area contributed by atoms with E-state index in [-0.39, 0.29) is 12.5 Å². The molecule has 0 saturated carbocycles. The summed E-state index contributed by atoms with van der Waals surface area (Å²) in [6, 6.07) is 14.8. The average Bonchev–Trinajstić information content (AvgIpc) is 3.31. The Morgan fingerprint density at radius 1 is 1.13 bits per heavy atom. The fourth-order valence-corrected chi connectivity index (χ4v) is 4.64. The van der Waals surface area contributed by atoms with Crippen molar-refractivity contribution in [2.45, 2.75) is 38.8 Å². The summed E-state index contributed by atoms with van der Waals surface area (Å²) in [4.78, 5) is 37.2. The third-order valence-corrected chi connectivity index (χ3v) is 6.60. The first-order valence-corrected chi connectivity index (χ1v) is 13.1. The number of anilines is 1. The minimum atomic E-state index is -0.973. The summed E-state index contributed by atoms with van der Waals surface area (Å²) in [7, 11) is 1.65. The molecule has 0 aliphatic carbocycles. The molecule has 0 spiro atoms. The van der Waals surface area contributed by atoms with Gasteiger partial charge in [-0.2, -0.15) is 0 Å². The van der Waals surface area contributed by atoms with Crippen LogP contribution in [0.5, 0.6) is 11.5 Å². The Kier molecular flexibility index (Phi) is 9.55. The number of nitrogens with zero attached hydrogens (tertiary/aromatic N) is 4. The van der Waals surface area contributed by atoms with Crippen LogP contribution in [0.1, 0.15) is 42.6 Å². The smallest absolute Gasteiger partial charge is 0.320 e. The molecule has 3 aromatic rings. The summed E-state index contributed by atoms with van der Waals surface area (Å²) in [5, 5.41) is 12.9. The molecule has 1 saturated heterocycles. The Balaban J connectivity index is 1.31. The highest BCUT2D eigenvalue weighted by Crippen LogP contribution is 2.30. The van der Waals surface area contributed by atoms with Crippen molar-refractivity contribution in [3.8, 4) is 11.5 Å². The number of ether oxygens (including phenoxy) is 2. The largest absolute Gasteiger partial charge is 0.497 e. The number of amides is 2. The number of aliphatic carboxylic acids is 1. The Morgan fingerprint density at radius 3 is 2.69 bits per heavy atom. The van der Waals surface area contributed by atoms with Crippen LogP contribution >= 0.6 is 0 Å². The second-order valence-corrected chi connectivity index (χ2v) is 9.28. The molecule has 0 radical (unpaired) electrons. The number of pyridine rings is 2. The van der Waals surface area contributed by atoms with Gasteiger partial charge in [-0.3, -0.25) is 9.78 Å². The Labute approximate surface area is 228 Å². The van der Waals surface area contributed by atoms with Gasteiger partial charge in [-0.05, 0) is 61.2 Å². The number of carbonyl (C=O) groups is 2. The van der Waals surface area contributed by atoms with Gasteiger partial charge in [0.05, 0.1) is 32.4 Å². The van der Waals surface area contributed by atoms with Crippen molar-refractivity contribution >= 4 is 17.8 Å². The van der Waals surface area contributed by atoms with Crippen LogP contribution < -0.4 is 14.8 Å². The highest BCUT2D eigenvalue weighted by Gasteiger charge is 2.35. The van der Waals surface area contributed by atoms with Crippen molar-refractivity contribution in [1.82, 2.24) is 19.8 Å². The fourth-order valence-electron chi connectivity index (χ4n) is 4.64. The van der Waals surface area contributed by atoms with Gasteiger partial charge in [-0.25, -0.2) is 9.78 Å². The highest BCUT2D eigenvalue weighted by molar-refractivity contribution is 5.78. The quantitative estimate of drug-likeness (QED) is 0.314. The monoisotopic (exact) mass is 533 g/mol. The molecule has 1 aliphatic heterocycles. The van der Waals surface area contributed by atoms with Gasteiger partial charge in [-0.15, -0.1) is 0 Å². The maximum absolute atomic E-state index is 13.2. The average molecular weight is 534 g/mol. The first kappa shape index (κ1) is 27.7. The maximum atomic E-state index is 13.2. The molecule has 2 N–H and O–H groups in total. The van der Waals surface area contributed by atoms with Gasteiger partial charge >= 0.3 is 12.0 Å². The van der Waals surface area contributed by atoms with E-state index in [0.717, 1.165) is 35.7 Å². The van der Waals surface area contributed by atoms with Crippen LogP contribution in [0.4, 0.5) is 10.6 Å². The number of hydrogen-bond donors (Lipinski definition) is 2. The molecule has 1 aromatic carbocycles. The lowest BCUT2D eigenvalue weighted by Crippen LogP contribution is -2.36. The third kappa shape index (κ3) is 7.59. The van der Waals surface area contributed by atoms with Crippen LogP contribution in [0.3, 0.4) is 0 Å². The first-order valence-electron chi connectivity index (χ1n) is 13.1. The van der Waals surface area contributed by atoms with Crippen LogP contribution in [0.15, 0.2) is 60.9 Å². The summed E-state index contributed by atoms with van der Waals surface area (Å²) >= 11 is 0. The summed E-state index contributed by atoms with van der Waals surface area (Å²) in [6.45, 7) is 4.56. The Hall–Kier alpha value is -4.34. The Morgan fingerprint density at radius 2 is 1.95 bits per heavy atom. The number of aryl methyl sites for hydroxylation is 1. The molecule has 2 aromatic heterocycles. The molecular weight excluding hydrogens is 498 g/mol. The molecule has 1 atom stereocenters. The zero-order chi connectivity index (χ0) is 27.6. The van der Waals surface area contributed by atoms with Crippen molar-refractivity contribution in [2.75, 3.05) is 38.7 Å². The molecule has 1 fully saturated rings. The van der Waals surface area contributed by atoms with E-state index in [1.165, 1.54) is 0 Å². The van der Waals surface area contributed by atoms with Gasteiger partial charge in [0, 0.05) is 38.1 Å². The maximum Gasteiger partial charge on any atom is 0.320 e. The van der Waals surface area contributed by atoms with Gasteiger partial charge in [0.2, 0.25) is 0 Å². The number of benzene rings is 1. The molecule has 1 aliphatic rings. The minimum absolute atomic E-state index is 0.161. The minimum Gasteiger partial charge on any atom is -0.497 e. The number of nitrogens with one attached hydrogen (secondary N) is 1. The van der Waals surface area contributed by atoms with E-state index in [2.05, 4.69) is 10.3 Å². The molecule has 206 valence electrons.